The van der Waals surface area contributed by atoms with Crippen molar-refractivity contribution in [2.24, 2.45) is 0 Å². The van der Waals surface area contributed by atoms with Crippen molar-refractivity contribution in [2.45, 2.75) is 19.8 Å². The lowest BCUT2D eigenvalue weighted by atomic mass is 10.1. The van der Waals surface area contributed by atoms with Gasteiger partial charge in [0.05, 0.1) is 22.8 Å². The molecule has 9 nitrogen and oxygen atoms in total. The Bertz CT molecular complexity index is 923. The summed E-state index contributed by atoms with van der Waals surface area (Å²) in [6.45, 7) is 3.43. The number of benzene rings is 2. The van der Waals surface area contributed by atoms with Crippen molar-refractivity contribution in [2.75, 3.05) is 36.5 Å². The lowest BCUT2D eigenvalue weighted by molar-refractivity contribution is -0.384. The van der Waals surface area contributed by atoms with Gasteiger partial charge in [-0.05, 0) is 50.1 Å². The molecule has 9 heteroatoms. The van der Waals surface area contributed by atoms with Crippen molar-refractivity contribution in [3.05, 3.63) is 58.1 Å². The van der Waals surface area contributed by atoms with Gasteiger partial charge in [0.2, 0.25) is 0 Å². The number of nitrogens with zero attached hydrogens (tertiary/aromatic N) is 2. The SMILES string of the molecule is CCOc1ccc(NC(=O)COC(=O)c2cc([N+](=O)[O-])ccc2N2CCCC2)cc1. The monoisotopic (exact) mass is 413 g/mol. The van der Waals surface area contributed by atoms with Gasteiger partial charge in [-0.25, -0.2) is 4.79 Å². The Morgan fingerprint density at radius 3 is 2.47 bits per heavy atom. The summed E-state index contributed by atoms with van der Waals surface area (Å²) in [7, 11) is 0. The van der Waals surface area contributed by atoms with Gasteiger partial charge in [0.1, 0.15) is 5.75 Å². The van der Waals surface area contributed by atoms with Crippen molar-refractivity contribution < 1.29 is 24.0 Å². The zero-order valence-corrected chi connectivity index (χ0v) is 16.6. The first kappa shape index (κ1) is 21.1. The van der Waals surface area contributed by atoms with Gasteiger partial charge in [-0.3, -0.25) is 14.9 Å². The van der Waals surface area contributed by atoms with Crippen LogP contribution < -0.4 is 15.0 Å². The third-order valence-corrected chi connectivity index (χ3v) is 4.64. The van der Waals surface area contributed by atoms with Gasteiger partial charge in [0, 0.05) is 30.9 Å². The molecule has 0 saturated carbocycles. The molecule has 0 aliphatic carbocycles. The van der Waals surface area contributed by atoms with Crippen molar-refractivity contribution in [3.8, 4) is 5.75 Å². The topological polar surface area (TPSA) is 111 Å². The summed E-state index contributed by atoms with van der Waals surface area (Å²) >= 11 is 0. The Balaban J connectivity index is 1.65. The van der Waals surface area contributed by atoms with E-state index in [9.17, 15) is 19.7 Å². The maximum Gasteiger partial charge on any atom is 0.341 e. The molecular weight excluding hydrogens is 390 g/mol. The number of rotatable bonds is 8. The van der Waals surface area contributed by atoms with Gasteiger partial charge in [0.15, 0.2) is 6.61 Å². The fraction of sp³-hybridized carbons (Fsp3) is 0.333. The largest absolute Gasteiger partial charge is 0.494 e. The van der Waals surface area contributed by atoms with Crippen molar-refractivity contribution >= 4 is 28.9 Å². The summed E-state index contributed by atoms with van der Waals surface area (Å²) in [5, 5.41) is 13.7. The number of carbonyl (C=O) groups excluding carboxylic acids is 2. The van der Waals surface area contributed by atoms with E-state index in [1.807, 2.05) is 11.8 Å². The Morgan fingerprint density at radius 1 is 1.13 bits per heavy atom. The van der Waals surface area contributed by atoms with Crippen molar-refractivity contribution in [3.63, 3.8) is 0 Å². The number of ether oxygens (including phenoxy) is 2. The molecule has 0 bridgehead atoms. The fourth-order valence-electron chi connectivity index (χ4n) is 3.24. The lowest BCUT2D eigenvalue weighted by Crippen LogP contribution is -2.24. The van der Waals surface area contributed by atoms with Gasteiger partial charge < -0.3 is 19.7 Å². The maximum atomic E-state index is 12.6. The molecule has 2 aromatic carbocycles. The molecule has 1 N–H and O–H groups in total. The summed E-state index contributed by atoms with van der Waals surface area (Å²) in [4.78, 5) is 37.3. The molecular formula is C21H23N3O6. The number of anilines is 2. The Morgan fingerprint density at radius 2 is 1.83 bits per heavy atom. The standard InChI is InChI=1S/C21H23N3O6/c1-2-29-17-8-5-15(6-9-17)22-20(25)14-30-21(26)18-13-16(24(27)28)7-10-19(18)23-11-3-4-12-23/h5-10,13H,2-4,11-12,14H2,1H3,(H,22,25). The number of hydrogen-bond acceptors (Lipinski definition) is 7. The van der Waals surface area contributed by atoms with Crippen LogP contribution in [0.2, 0.25) is 0 Å². The zero-order valence-electron chi connectivity index (χ0n) is 16.6. The summed E-state index contributed by atoms with van der Waals surface area (Å²) in [5.41, 5.74) is 0.992. The normalized spacial score (nSPS) is 13.0. The lowest BCUT2D eigenvalue weighted by Gasteiger charge is -2.20. The molecule has 1 heterocycles. The van der Waals surface area contributed by atoms with Crippen LogP contribution in [0.15, 0.2) is 42.5 Å². The molecule has 1 aliphatic heterocycles. The number of nitro groups is 1. The number of non-ortho nitro benzene ring substituents is 1. The van der Waals surface area contributed by atoms with Crippen molar-refractivity contribution in [1.82, 2.24) is 0 Å². The molecule has 0 spiro atoms. The first-order valence-electron chi connectivity index (χ1n) is 9.71. The molecule has 30 heavy (non-hydrogen) atoms. The van der Waals surface area contributed by atoms with Gasteiger partial charge in [-0.1, -0.05) is 0 Å². The predicted molar refractivity (Wildman–Crippen MR) is 111 cm³/mol. The van der Waals surface area contributed by atoms with Crippen LogP contribution in [0.5, 0.6) is 5.75 Å². The molecule has 2 aromatic rings. The highest BCUT2D eigenvalue weighted by atomic mass is 16.6. The first-order valence-corrected chi connectivity index (χ1v) is 9.71. The number of nitrogens with one attached hydrogen (secondary N) is 1. The van der Waals surface area contributed by atoms with Crippen LogP contribution in [0.25, 0.3) is 0 Å². The number of amides is 1. The van der Waals surface area contributed by atoms with E-state index >= 15 is 0 Å². The number of esters is 1. The highest BCUT2D eigenvalue weighted by Crippen LogP contribution is 2.29. The van der Waals surface area contributed by atoms with E-state index < -0.39 is 23.4 Å². The number of carbonyl (C=O) groups is 2. The summed E-state index contributed by atoms with van der Waals surface area (Å²) < 4.78 is 10.5. The molecule has 1 aliphatic rings. The van der Waals surface area contributed by atoms with Crippen LogP contribution in [0.1, 0.15) is 30.1 Å². The van der Waals surface area contributed by atoms with Gasteiger partial charge in [0.25, 0.3) is 11.6 Å². The Labute approximate surface area is 173 Å². The molecule has 0 aromatic heterocycles. The second kappa shape index (κ2) is 9.73. The maximum absolute atomic E-state index is 12.6. The van der Waals surface area contributed by atoms with Crippen LogP contribution in [-0.4, -0.2) is 43.1 Å². The van der Waals surface area contributed by atoms with E-state index in [4.69, 9.17) is 9.47 Å². The molecule has 0 unspecified atom stereocenters. The molecule has 1 amide bonds. The Hall–Kier alpha value is -3.62. The minimum absolute atomic E-state index is 0.0833. The van der Waals surface area contributed by atoms with E-state index in [2.05, 4.69) is 5.32 Å². The quantitative estimate of drug-likeness (QED) is 0.401. The van der Waals surface area contributed by atoms with E-state index in [0.29, 0.717) is 23.7 Å². The summed E-state index contributed by atoms with van der Waals surface area (Å²) in [5.74, 6) is -0.606. The molecule has 1 fully saturated rings. The highest BCUT2D eigenvalue weighted by Gasteiger charge is 2.24. The van der Waals surface area contributed by atoms with Gasteiger partial charge >= 0.3 is 5.97 Å². The van der Waals surface area contributed by atoms with E-state index in [1.165, 1.54) is 12.1 Å². The van der Waals surface area contributed by atoms with Gasteiger partial charge in [-0.2, -0.15) is 0 Å². The second-order valence-electron chi connectivity index (χ2n) is 6.73. The molecule has 0 atom stereocenters. The van der Waals surface area contributed by atoms with E-state index in [-0.39, 0.29) is 11.3 Å². The molecule has 158 valence electrons. The first-order chi connectivity index (χ1) is 14.5. The number of nitro benzene ring substituents is 1. The number of hydrogen-bond donors (Lipinski definition) is 1. The molecule has 1 saturated heterocycles. The summed E-state index contributed by atoms with van der Waals surface area (Å²) in [6.07, 6.45) is 1.96. The van der Waals surface area contributed by atoms with Crippen LogP contribution in [-0.2, 0) is 9.53 Å². The predicted octanol–water partition coefficient (Wildman–Crippen LogP) is 3.39. The Kier molecular flexibility index (Phi) is 6.84. The minimum Gasteiger partial charge on any atom is -0.494 e. The van der Waals surface area contributed by atoms with E-state index in [0.717, 1.165) is 25.9 Å². The second-order valence-corrected chi connectivity index (χ2v) is 6.73. The average molecular weight is 413 g/mol. The molecule has 0 radical (unpaired) electrons. The molecule has 3 rings (SSSR count). The zero-order chi connectivity index (χ0) is 21.5. The smallest absolute Gasteiger partial charge is 0.341 e. The van der Waals surface area contributed by atoms with E-state index in [1.54, 1.807) is 30.3 Å². The van der Waals surface area contributed by atoms with Crippen LogP contribution in [0.4, 0.5) is 17.1 Å². The third kappa shape index (κ3) is 5.25. The van der Waals surface area contributed by atoms with Crippen LogP contribution >= 0.6 is 0 Å². The van der Waals surface area contributed by atoms with Gasteiger partial charge in [-0.15, -0.1) is 0 Å². The third-order valence-electron chi connectivity index (χ3n) is 4.64. The van der Waals surface area contributed by atoms with Crippen LogP contribution in [0.3, 0.4) is 0 Å². The van der Waals surface area contributed by atoms with Crippen molar-refractivity contribution in [1.29, 1.82) is 0 Å². The van der Waals surface area contributed by atoms with Crippen LogP contribution in [0, 0.1) is 10.1 Å². The average Bonchev–Trinajstić information content (AvgIpc) is 3.28. The minimum atomic E-state index is -0.776. The highest BCUT2D eigenvalue weighted by molar-refractivity contribution is 5.99. The summed E-state index contributed by atoms with van der Waals surface area (Å²) in [6, 6.07) is 10.9. The fourth-order valence-corrected chi connectivity index (χ4v) is 3.24.